The fourth-order valence-corrected chi connectivity index (χ4v) is 7.82. The van der Waals surface area contributed by atoms with E-state index in [0.29, 0.717) is 12.7 Å². The maximum Gasteiger partial charge on any atom is 0.309 e. The lowest BCUT2D eigenvalue weighted by molar-refractivity contribution is -0.344. The first kappa shape index (κ1) is 48.6. The number of methoxy groups -OCH3 is 1. The van der Waals surface area contributed by atoms with Crippen molar-refractivity contribution >= 4 is 24.2 Å². The van der Waals surface area contributed by atoms with Gasteiger partial charge >= 0.3 is 17.9 Å². The molecule has 16 nitrogen and oxygen atoms in total. The summed E-state index contributed by atoms with van der Waals surface area (Å²) in [6, 6.07) is -0.779. The van der Waals surface area contributed by atoms with E-state index >= 15 is 0 Å². The number of rotatable bonds is 12. The number of aliphatic hydroxyl groups excluding tert-OH is 2. The molecule has 0 spiro atoms. The van der Waals surface area contributed by atoms with Crippen LogP contribution in [0.25, 0.3) is 0 Å². The third kappa shape index (κ3) is 13.6. The highest BCUT2D eigenvalue weighted by molar-refractivity contribution is 5.72. The van der Waals surface area contributed by atoms with Gasteiger partial charge in [0, 0.05) is 39.2 Å². The Kier molecular flexibility index (Phi) is 19.2. The summed E-state index contributed by atoms with van der Waals surface area (Å²) in [6.45, 7) is 11.8. The second-order valence-corrected chi connectivity index (χ2v) is 16.0. The van der Waals surface area contributed by atoms with Crippen LogP contribution in [-0.2, 0) is 57.1 Å². The van der Waals surface area contributed by atoms with Crippen LogP contribution in [0.5, 0.6) is 0 Å². The molecule has 0 amide bonds. The maximum atomic E-state index is 13.3. The molecule has 0 saturated carbocycles. The van der Waals surface area contributed by atoms with Gasteiger partial charge in [0.25, 0.3) is 0 Å². The molecular weight excluding hydrogens is 746 g/mol. The summed E-state index contributed by atoms with van der Waals surface area (Å²) in [5, 5.41) is 34.5. The zero-order valence-corrected chi connectivity index (χ0v) is 35.2. The van der Waals surface area contributed by atoms with Gasteiger partial charge < -0.3 is 62.9 Å². The van der Waals surface area contributed by atoms with E-state index < -0.39 is 121 Å². The highest BCUT2D eigenvalue weighted by Gasteiger charge is 2.53. The van der Waals surface area contributed by atoms with Crippen LogP contribution in [-0.4, -0.2) is 151 Å². The van der Waals surface area contributed by atoms with Crippen LogP contribution < -0.4 is 0 Å². The predicted octanol–water partition coefficient (Wildman–Crippen LogP) is 2.77. The van der Waals surface area contributed by atoms with Gasteiger partial charge in [-0.2, -0.15) is 0 Å². The van der Waals surface area contributed by atoms with Crippen molar-refractivity contribution in [1.82, 2.24) is 4.90 Å². The molecule has 3 aliphatic rings. The van der Waals surface area contributed by atoms with Gasteiger partial charge in [-0.3, -0.25) is 14.4 Å². The second kappa shape index (κ2) is 22.5. The molecule has 16 heteroatoms. The van der Waals surface area contributed by atoms with Crippen molar-refractivity contribution in [3.63, 3.8) is 0 Å². The van der Waals surface area contributed by atoms with Gasteiger partial charge in [0.2, 0.25) is 0 Å². The summed E-state index contributed by atoms with van der Waals surface area (Å²) in [7, 11) is 4.86. The number of carbonyl (C=O) groups is 4. The molecule has 0 aromatic carbocycles. The molecule has 0 bridgehead atoms. The van der Waals surface area contributed by atoms with Crippen LogP contribution in [0.3, 0.4) is 0 Å². The molecule has 2 fully saturated rings. The van der Waals surface area contributed by atoms with Crippen LogP contribution >= 0.6 is 0 Å². The average Bonchev–Trinajstić information content (AvgIpc) is 3.13. The van der Waals surface area contributed by atoms with E-state index in [2.05, 4.69) is 0 Å². The van der Waals surface area contributed by atoms with Gasteiger partial charge in [0.05, 0.1) is 36.9 Å². The van der Waals surface area contributed by atoms with Crippen LogP contribution in [0.2, 0.25) is 0 Å². The highest BCUT2D eigenvalue weighted by atomic mass is 16.7. The van der Waals surface area contributed by atoms with Gasteiger partial charge in [-0.25, -0.2) is 0 Å². The molecule has 0 aromatic rings. The monoisotopic (exact) mass is 813 g/mol. The Morgan fingerprint density at radius 1 is 0.965 bits per heavy atom. The Hall–Kier alpha value is -2.80. The SMILES string of the molecule is CCC(=O)OC1CC(=O)OC(C)C/C=C/C=C\C(O)C(C)CC(CC=O)C(OC2OC(C)C(OC3CC(C)(O)C(OC(=O)CC)C(C)O3)C(N(C)C)C2O)C1OC. The molecule has 3 N–H and O–H groups in total. The zero-order chi connectivity index (χ0) is 42.6. The standard InChI is InChI=1S/C41H67NO15/c1-11-30(45)54-29-21-32(47)51-24(4)16-14-13-15-17-28(44)23(3)20-27(18-19-43)37(38(29)50-10)57-40-35(48)34(42(8)9)36(25(5)53-40)56-33-22-41(7,49)39(26(6)52-33)55-31(46)12-2/h13-15,17,19,23-29,33-40,44,48-49H,11-12,16,18,20-22H2,1-10H3/b14-13+,17-15-. The van der Waals surface area contributed by atoms with Gasteiger partial charge in [-0.1, -0.05) is 45.1 Å². The molecule has 0 aromatic heterocycles. The van der Waals surface area contributed by atoms with Crippen molar-refractivity contribution in [3.8, 4) is 0 Å². The minimum absolute atomic E-state index is 0.000633. The van der Waals surface area contributed by atoms with Crippen LogP contribution in [0.15, 0.2) is 24.3 Å². The average molecular weight is 814 g/mol. The normalized spacial score (nSPS) is 41.1. The number of aldehydes is 1. The van der Waals surface area contributed by atoms with E-state index in [9.17, 15) is 34.5 Å². The molecule has 57 heavy (non-hydrogen) atoms. The Balaban J connectivity index is 2.01. The molecule has 3 rings (SSSR count). The lowest BCUT2D eigenvalue weighted by Crippen LogP contribution is -2.66. The van der Waals surface area contributed by atoms with Gasteiger partial charge in [-0.05, 0) is 60.0 Å². The number of cyclic esters (lactones) is 1. The fourth-order valence-electron chi connectivity index (χ4n) is 7.82. The molecule has 3 heterocycles. The summed E-state index contributed by atoms with van der Waals surface area (Å²) in [5.74, 6) is -2.82. The van der Waals surface area contributed by atoms with Crippen LogP contribution in [0.4, 0.5) is 0 Å². The van der Waals surface area contributed by atoms with Crippen molar-refractivity contribution in [2.75, 3.05) is 21.2 Å². The third-order valence-corrected chi connectivity index (χ3v) is 10.9. The first-order chi connectivity index (χ1) is 26.9. The topological polar surface area (TPSA) is 206 Å². The molecule has 3 aliphatic heterocycles. The van der Waals surface area contributed by atoms with Crippen molar-refractivity contribution in [2.24, 2.45) is 11.8 Å². The molecule has 16 unspecified atom stereocenters. The number of allylic oxidation sites excluding steroid dienone is 2. The lowest BCUT2D eigenvalue weighted by Gasteiger charge is -2.50. The minimum atomic E-state index is -1.49. The lowest BCUT2D eigenvalue weighted by atomic mass is 9.82. The summed E-state index contributed by atoms with van der Waals surface area (Å²) in [5.41, 5.74) is -1.49. The van der Waals surface area contributed by atoms with E-state index in [1.54, 1.807) is 78.8 Å². The second-order valence-electron chi connectivity index (χ2n) is 16.0. The zero-order valence-electron chi connectivity index (χ0n) is 35.2. The first-order valence-corrected chi connectivity index (χ1v) is 20.1. The van der Waals surface area contributed by atoms with Gasteiger partial charge in [-0.15, -0.1) is 0 Å². The quantitative estimate of drug-likeness (QED) is 0.147. The van der Waals surface area contributed by atoms with Crippen molar-refractivity contribution in [1.29, 1.82) is 0 Å². The summed E-state index contributed by atoms with van der Waals surface area (Å²) >= 11 is 0. The summed E-state index contributed by atoms with van der Waals surface area (Å²) in [4.78, 5) is 52.3. The summed E-state index contributed by atoms with van der Waals surface area (Å²) in [6.07, 6.45) is -4.08. The van der Waals surface area contributed by atoms with Crippen molar-refractivity contribution in [2.45, 2.75) is 179 Å². The van der Waals surface area contributed by atoms with E-state index in [1.807, 2.05) is 13.0 Å². The molecule has 326 valence electrons. The number of hydrogen-bond donors (Lipinski definition) is 3. The predicted molar refractivity (Wildman–Crippen MR) is 205 cm³/mol. The number of nitrogens with zero attached hydrogens (tertiary/aromatic N) is 1. The third-order valence-electron chi connectivity index (χ3n) is 10.9. The van der Waals surface area contributed by atoms with Crippen molar-refractivity contribution in [3.05, 3.63) is 24.3 Å². The number of esters is 3. The number of hydrogen-bond acceptors (Lipinski definition) is 16. The Bertz CT molecular complexity index is 1350. The molecule has 0 radical (unpaired) electrons. The minimum Gasteiger partial charge on any atom is -0.462 e. The molecule has 16 atom stereocenters. The molecule has 0 aliphatic carbocycles. The van der Waals surface area contributed by atoms with Gasteiger partial charge in [0.1, 0.15) is 42.4 Å². The number of ether oxygens (including phenoxy) is 8. The summed E-state index contributed by atoms with van der Waals surface area (Å²) < 4.78 is 48.5. The first-order valence-electron chi connectivity index (χ1n) is 20.1. The largest absolute Gasteiger partial charge is 0.462 e. The van der Waals surface area contributed by atoms with E-state index in [4.69, 9.17) is 37.9 Å². The van der Waals surface area contributed by atoms with Crippen LogP contribution in [0, 0.1) is 11.8 Å². The maximum absolute atomic E-state index is 13.3. The van der Waals surface area contributed by atoms with E-state index in [1.165, 1.54) is 7.11 Å². The smallest absolute Gasteiger partial charge is 0.309 e. The highest BCUT2D eigenvalue weighted by Crippen LogP contribution is 2.37. The van der Waals surface area contributed by atoms with Crippen molar-refractivity contribution < 1.29 is 72.4 Å². The fraction of sp³-hybridized carbons (Fsp3) is 0.805. The van der Waals surface area contributed by atoms with E-state index in [0.717, 1.165) is 0 Å². The van der Waals surface area contributed by atoms with E-state index in [-0.39, 0.29) is 32.1 Å². The Morgan fingerprint density at radius 3 is 2.23 bits per heavy atom. The molecular formula is C41H67NO15. The number of aliphatic hydroxyl groups is 3. The Morgan fingerprint density at radius 2 is 1.63 bits per heavy atom. The van der Waals surface area contributed by atoms with Crippen LogP contribution in [0.1, 0.15) is 93.4 Å². The Labute approximate surface area is 337 Å². The molecule has 2 saturated heterocycles. The van der Waals surface area contributed by atoms with Gasteiger partial charge in [0.15, 0.2) is 18.7 Å². The number of likely N-dealkylation sites (N-methyl/N-ethyl adjacent to an activating group) is 1. The number of carbonyl (C=O) groups excluding carboxylic acids is 4.